The highest BCUT2D eigenvalue weighted by Crippen LogP contribution is 2.20. The molecule has 2 heteroatoms. The standard InChI is InChI=1S/C9H17NO/c1-5-9(2,3)7-6-8(11)10-4/h6-7H,5H2,1-4H3,(H,10,11)/b7-6+. The van der Waals surface area contributed by atoms with Crippen molar-refractivity contribution in [1.82, 2.24) is 5.32 Å². The van der Waals surface area contributed by atoms with Gasteiger partial charge in [0.25, 0.3) is 0 Å². The molecule has 1 amide bonds. The van der Waals surface area contributed by atoms with Crippen LogP contribution in [0.1, 0.15) is 27.2 Å². The zero-order valence-corrected chi connectivity index (χ0v) is 7.77. The summed E-state index contributed by atoms with van der Waals surface area (Å²) in [7, 11) is 1.63. The van der Waals surface area contributed by atoms with Gasteiger partial charge in [-0.2, -0.15) is 0 Å². The van der Waals surface area contributed by atoms with Crippen molar-refractivity contribution in [3.05, 3.63) is 12.2 Å². The SMILES string of the molecule is CCC(C)(C)/C=C/C(=O)NC. The Morgan fingerprint density at radius 1 is 1.55 bits per heavy atom. The van der Waals surface area contributed by atoms with Crippen molar-refractivity contribution in [2.24, 2.45) is 5.41 Å². The van der Waals surface area contributed by atoms with Gasteiger partial charge in [0.1, 0.15) is 0 Å². The maximum absolute atomic E-state index is 10.8. The molecule has 0 spiro atoms. The van der Waals surface area contributed by atoms with Gasteiger partial charge in [-0.15, -0.1) is 0 Å². The first kappa shape index (κ1) is 10.2. The minimum Gasteiger partial charge on any atom is -0.356 e. The Morgan fingerprint density at radius 3 is 2.45 bits per heavy atom. The number of allylic oxidation sites excluding steroid dienone is 1. The van der Waals surface area contributed by atoms with Crippen LogP contribution in [-0.4, -0.2) is 13.0 Å². The van der Waals surface area contributed by atoms with Gasteiger partial charge >= 0.3 is 0 Å². The third-order valence-corrected chi connectivity index (χ3v) is 1.84. The van der Waals surface area contributed by atoms with Crippen LogP contribution < -0.4 is 5.32 Å². The summed E-state index contributed by atoms with van der Waals surface area (Å²) in [6.45, 7) is 6.31. The van der Waals surface area contributed by atoms with Gasteiger partial charge < -0.3 is 5.32 Å². The summed E-state index contributed by atoms with van der Waals surface area (Å²) in [6, 6.07) is 0. The molecule has 0 fully saturated rings. The maximum Gasteiger partial charge on any atom is 0.243 e. The Kier molecular flexibility index (Phi) is 3.86. The minimum atomic E-state index is -0.0356. The first-order valence-corrected chi connectivity index (χ1v) is 3.93. The lowest BCUT2D eigenvalue weighted by Gasteiger charge is -2.16. The third kappa shape index (κ3) is 4.59. The van der Waals surface area contributed by atoms with E-state index in [1.807, 2.05) is 6.08 Å². The molecule has 1 N–H and O–H groups in total. The smallest absolute Gasteiger partial charge is 0.243 e. The van der Waals surface area contributed by atoms with Gasteiger partial charge in [-0.25, -0.2) is 0 Å². The predicted octanol–water partition coefficient (Wildman–Crippen LogP) is 1.72. The number of hydrogen-bond donors (Lipinski definition) is 1. The van der Waals surface area contributed by atoms with Crippen LogP contribution >= 0.6 is 0 Å². The van der Waals surface area contributed by atoms with E-state index >= 15 is 0 Å². The Bertz CT molecular complexity index is 159. The van der Waals surface area contributed by atoms with Gasteiger partial charge in [-0.1, -0.05) is 26.8 Å². The summed E-state index contributed by atoms with van der Waals surface area (Å²) in [6.07, 6.45) is 4.57. The largest absolute Gasteiger partial charge is 0.356 e. The van der Waals surface area contributed by atoms with Crippen LogP contribution in [0.4, 0.5) is 0 Å². The Hall–Kier alpha value is -0.790. The first-order chi connectivity index (χ1) is 5.02. The van der Waals surface area contributed by atoms with Crippen LogP contribution in [0.5, 0.6) is 0 Å². The molecule has 64 valence electrons. The van der Waals surface area contributed by atoms with Crippen LogP contribution in [0.2, 0.25) is 0 Å². The van der Waals surface area contributed by atoms with E-state index in [0.29, 0.717) is 0 Å². The second kappa shape index (κ2) is 4.16. The molecule has 0 rings (SSSR count). The zero-order valence-electron chi connectivity index (χ0n) is 7.77. The van der Waals surface area contributed by atoms with Crippen molar-refractivity contribution >= 4 is 5.91 Å². The van der Waals surface area contributed by atoms with E-state index in [1.54, 1.807) is 13.1 Å². The fraction of sp³-hybridized carbons (Fsp3) is 0.667. The third-order valence-electron chi connectivity index (χ3n) is 1.84. The van der Waals surface area contributed by atoms with E-state index in [2.05, 4.69) is 26.1 Å². The zero-order chi connectivity index (χ0) is 8.91. The second-order valence-corrected chi connectivity index (χ2v) is 3.29. The lowest BCUT2D eigenvalue weighted by molar-refractivity contribution is -0.116. The molecule has 0 aromatic carbocycles. The van der Waals surface area contributed by atoms with Gasteiger partial charge in [0.15, 0.2) is 0 Å². The molecule has 0 aromatic heterocycles. The van der Waals surface area contributed by atoms with Crippen LogP contribution in [0.25, 0.3) is 0 Å². The van der Waals surface area contributed by atoms with E-state index in [-0.39, 0.29) is 11.3 Å². The average molecular weight is 155 g/mol. The fourth-order valence-electron chi connectivity index (χ4n) is 0.502. The van der Waals surface area contributed by atoms with E-state index in [9.17, 15) is 4.79 Å². The molecule has 0 aromatic rings. The summed E-state index contributed by atoms with van der Waals surface area (Å²) in [5.74, 6) is -0.0356. The molecule has 2 nitrogen and oxygen atoms in total. The van der Waals surface area contributed by atoms with Gasteiger partial charge in [-0.05, 0) is 17.9 Å². The van der Waals surface area contributed by atoms with Crippen LogP contribution in [-0.2, 0) is 4.79 Å². The first-order valence-electron chi connectivity index (χ1n) is 3.93. The van der Waals surface area contributed by atoms with Gasteiger partial charge in [0.2, 0.25) is 5.91 Å². The predicted molar refractivity (Wildman–Crippen MR) is 47.3 cm³/mol. The molecule has 0 aliphatic carbocycles. The molecule has 0 aliphatic heterocycles. The van der Waals surface area contributed by atoms with Crippen LogP contribution in [0.15, 0.2) is 12.2 Å². The molecule has 0 unspecified atom stereocenters. The molecule has 0 aliphatic rings. The molecule has 0 radical (unpaired) electrons. The van der Waals surface area contributed by atoms with E-state index in [1.165, 1.54) is 0 Å². The summed E-state index contributed by atoms with van der Waals surface area (Å²) in [5, 5.41) is 2.54. The lowest BCUT2D eigenvalue weighted by atomic mass is 9.90. The van der Waals surface area contributed by atoms with Crippen molar-refractivity contribution in [2.45, 2.75) is 27.2 Å². The van der Waals surface area contributed by atoms with Gasteiger partial charge in [-0.3, -0.25) is 4.79 Å². The summed E-state index contributed by atoms with van der Waals surface area (Å²) in [5.41, 5.74) is 0.131. The van der Waals surface area contributed by atoms with Crippen molar-refractivity contribution < 1.29 is 4.79 Å². The highest BCUT2D eigenvalue weighted by Gasteiger charge is 2.09. The second-order valence-electron chi connectivity index (χ2n) is 3.29. The van der Waals surface area contributed by atoms with E-state index < -0.39 is 0 Å². The number of nitrogens with one attached hydrogen (secondary N) is 1. The Labute approximate surface area is 68.7 Å². The number of likely N-dealkylation sites (N-methyl/N-ethyl adjacent to an activating group) is 1. The molecule has 0 saturated heterocycles. The van der Waals surface area contributed by atoms with Crippen LogP contribution in [0, 0.1) is 5.41 Å². The summed E-state index contributed by atoms with van der Waals surface area (Å²) in [4.78, 5) is 10.8. The Balaban J connectivity index is 4.01. The summed E-state index contributed by atoms with van der Waals surface area (Å²) >= 11 is 0. The topological polar surface area (TPSA) is 29.1 Å². The van der Waals surface area contributed by atoms with Crippen molar-refractivity contribution in [2.75, 3.05) is 7.05 Å². The molecule has 0 atom stereocenters. The van der Waals surface area contributed by atoms with Gasteiger partial charge in [0.05, 0.1) is 0 Å². The van der Waals surface area contributed by atoms with Crippen molar-refractivity contribution in [3.63, 3.8) is 0 Å². The molecule has 0 saturated carbocycles. The average Bonchev–Trinajstić information content (AvgIpc) is 2.00. The molecular formula is C9H17NO. The quantitative estimate of drug-likeness (QED) is 0.618. The van der Waals surface area contributed by atoms with E-state index in [4.69, 9.17) is 0 Å². The molecular weight excluding hydrogens is 138 g/mol. The van der Waals surface area contributed by atoms with Gasteiger partial charge in [0, 0.05) is 7.05 Å². The van der Waals surface area contributed by atoms with Crippen molar-refractivity contribution in [1.29, 1.82) is 0 Å². The van der Waals surface area contributed by atoms with Crippen molar-refractivity contribution in [3.8, 4) is 0 Å². The molecule has 0 bridgehead atoms. The molecule has 0 heterocycles. The highest BCUT2D eigenvalue weighted by molar-refractivity contribution is 5.87. The minimum absolute atomic E-state index is 0.0356. The normalized spacial score (nSPS) is 12.0. The Morgan fingerprint density at radius 2 is 2.09 bits per heavy atom. The molecule has 11 heavy (non-hydrogen) atoms. The number of amides is 1. The number of carbonyl (C=O) groups excluding carboxylic acids is 1. The number of rotatable bonds is 3. The number of carbonyl (C=O) groups is 1. The monoisotopic (exact) mass is 155 g/mol. The maximum atomic E-state index is 10.8. The van der Waals surface area contributed by atoms with E-state index in [0.717, 1.165) is 6.42 Å². The number of hydrogen-bond acceptors (Lipinski definition) is 1. The summed E-state index contributed by atoms with van der Waals surface area (Å²) < 4.78 is 0. The lowest BCUT2D eigenvalue weighted by Crippen LogP contribution is -2.15. The van der Waals surface area contributed by atoms with Crippen LogP contribution in [0.3, 0.4) is 0 Å². The fourth-order valence-corrected chi connectivity index (χ4v) is 0.502. The highest BCUT2D eigenvalue weighted by atomic mass is 16.1.